The van der Waals surface area contributed by atoms with Crippen molar-refractivity contribution in [3.8, 4) is 5.75 Å². The van der Waals surface area contributed by atoms with E-state index in [1.165, 1.54) is 17.5 Å². The van der Waals surface area contributed by atoms with Gasteiger partial charge in [0.25, 0.3) is 0 Å². The molecule has 32 heavy (non-hydrogen) atoms. The third kappa shape index (κ3) is 6.07. The molecule has 2 N–H and O–H groups in total. The molecule has 0 bridgehead atoms. The molecule has 0 radical (unpaired) electrons. The second-order valence-corrected chi connectivity index (χ2v) is 9.59. The van der Waals surface area contributed by atoms with Crippen LogP contribution in [0, 0.1) is 0 Å². The van der Waals surface area contributed by atoms with Gasteiger partial charge in [0.15, 0.2) is 0 Å². The average Bonchev–Trinajstić information content (AvgIpc) is 3.41. The van der Waals surface area contributed by atoms with Crippen LogP contribution in [0.1, 0.15) is 50.7 Å². The summed E-state index contributed by atoms with van der Waals surface area (Å²) in [6, 6.07) is 10.3. The van der Waals surface area contributed by atoms with Crippen molar-refractivity contribution in [1.29, 1.82) is 0 Å². The number of hydrogen-bond donors (Lipinski definition) is 1. The van der Waals surface area contributed by atoms with Gasteiger partial charge in [-0.25, -0.2) is 9.29 Å². The van der Waals surface area contributed by atoms with Gasteiger partial charge in [0.2, 0.25) is 0 Å². The summed E-state index contributed by atoms with van der Waals surface area (Å²) in [7, 11) is 0. The molecule has 1 aromatic heterocycles. The predicted molar refractivity (Wildman–Crippen MR) is 132 cm³/mol. The molecule has 2 aromatic rings. The number of unbranched alkanes of at least 4 members (excludes halogenated alkanes) is 2. The monoisotopic (exact) mass is 455 g/mol. The van der Waals surface area contributed by atoms with Crippen LogP contribution in [0.3, 0.4) is 0 Å². The van der Waals surface area contributed by atoms with E-state index < -0.39 is 0 Å². The van der Waals surface area contributed by atoms with E-state index in [9.17, 15) is 0 Å². The van der Waals surface area contributed by atoms with Gasteiger partial charge in [-0.05, 0) is 75.8 Å². The maximum absolute atomic E-state index is 6.01. The lowest BCUT2D eigenvalue weighted by Gasteiger charge is -2.18. The lowest BCUT2D eigenvalue weighted by molar-refractivity contribution is 0.0858. The van der Waals surface area contributed by atoms with Crippen LogP contribution in [-0.4, -0.2) is 47.3 Å². The van der Waals surface area contributed by atoms with Crippen LogP contribution >= 0.6 is 12.1 Å². The molecule has 172 valence electrons. The van der Waals surface area contributed by atoms with Gasteiger partial charge < -0.3 is 19.6 Å². The molecule has 0 atom stereocenters. The number of pyridine rings is 1. The van der Waals surface area contributed by atoms with Crippen molar-refractivity contribution >= 4 is 29.4 Å². The zero-order chi connectivity index (χ0) is 22.3. The van der Waals surface area contributed by atoms with Gasteiger partial charge in [-0.2, -0.15) is 0 Å². The number of hydrogen-bond acceptors (Lipinski definition) is 8. The highest BCUT2D eigenvalue weighted by molar-refractivity contribution is 7.98. The lowest BCUT2D eigenvalue weighted by Crippen LogP contribution is -2.14. The first-order chi connectivity index (χ1) is 15.6. The first-order valence-electron chi connectivity index (χ1n) is 11.5. The largest absolute Gasteiger partial charge is 0.494 e. The van der Waals surface area contributed by atoms with Crippen LogP contribution in [0.15, 0.2) is 41.7 Å². The molecular formula is C24H33N5O2S. The van der Waals surface area contributed by atoms with E-state index in [1.807, 2.05) is 26.0 Å². The minimum Gasteiger partial charge on any atom is -0.494 e. The van der Waals surface area contributed by atoms with E-state index >= 15 is 0 Å². The number of aromatic nitrogens is 1. The smallest absolute Gasteiger partial charge is 0.125 e. The normalized spacial score (nSPS) is 17.3. The van der Waals surface area contributed by atoms with Crippen LogP contribution in [0.25, 0.3) is 0 Å². The van der Waals surface area contributed by atoms with Crippen molar-refractivity contribution in [2.75, 3.05) is 36.3 Å². The minimum atomic E-state index is 0.109. The second kappa shape index (κ2) is 10.9. The van der Waals surface area contributed by atoms with Crippen LogP contribution in [0.2, 0.25) is 0 Å². The van der Waals surface area contributed by atoms with Gasteiger partial charge in [0.1, 0.15) is 17.7 Å². The molecule has 4 rings (SSSR count). The molecular weight excluding hydrogens is 422 g/mol. The second-order valence-electron chi connectivity index (χ2n) is 8.47. The van der Waals surface area contributed by atoms with Crippen molar-refractivity contribution in [2.45, 2.75) is 52.1 Å². The summed E-state index contributed by atoms with van der Waals surface area (Å²) in [6.45, 7) is 7.90. The SMILES string of the molecule is CC(C)O/N=C1\CCc2cc(OCCCCCN3CCN(c4ccnc(N)c4)S3)ccc21. The number of oxime groups is 1. The van der Waals surface area contributed by atoms with Crippen molar-refractivity contribution in [3.63, 3.8) is 0 Å². The Morgan fingerprint density at radius 3 is 2.88 bits per heavy atom. The van der Waals surface area contributed by atoms with Gasteiger partial charge >= 0.3 is 0 Å². The molecule has 7 nitrogen and oxygen atoms in total. The Labute approximate surface area is 195 Å². The molecule has 1 aromatic carbocycles. The Bertz CT molecular complexity index is 936. The lowest BCUT2D eigenvalue weighted by atomic mass is 10.1. The summed E-state index contributed by atoms with van der Waals surface area (Å²) in [4.78, 5) is 9.50. The molecule has 0 unspecified atom stereocenters. The van der Waals surface area contributed by atoms with Crippen LogP contribution < -0.4 is 14.8 Å². The zero-order valence-corrected chi connectivity index (χ0v) is 19.8. The van der Waals surface area contributed by atoms with Crippen molar-refractivity contribution in [2.24, 2.45) is 5.16 Å². The highest BCUT2D eigenvalue weighted by atomic mass is 32.2. The third-order valence-corrected chi connectivity index (χ3v) is 6.72. The molecule has 2 heterocycles. The summed E-state index contributed by atoms with van der Waals surface area (Å²) >= 11 is 1.78. The van der Waals surface area contributed by atoms with Gasteiger partial charge in [-0.1, -0.05) is 5.16 Å². The maximum Gasteiger partial charge on any atom is 0.125 e. The highest BCUT2D eigenvalue weighted by Gasteiger charge is 2.22. The molecule has 1 aliphatic carbocycles. The Hall–Kier alpha value is -2.45. The Balaban J connectivity index is 1.13. The quantitative estimate of drug-likeness (QED) is 0.317. The van der Waals surface area contributed by atoms with Gasteiger partial charge in [0.05, 0.1) is 18.0 Å². The number of benzene rings is 1. The van der Waals surface area contributed by atoms with Gasteiger partial charge in [-0.15, -0.1) is 0 Å². The van der Waals surface area contributed by atoms with Gasteiger partial charge in [-0.3, -0.25) is 0 Å². The number of anilines is 2. The van der Waals surface area contributed by atoms with Crippen LogP contribution in [-0.2, 0) is 11.3 Å². The van der Waals surface area contributed by atoms with E-state index in [-0.39, 0.29) is 6.10 Å². The first-order valence-corrected chi connectivity index (χ1v) is 12.2. The van der Waals surface area contributed by atoms with Crippen LogP contribution in [0.5, 0.6) is 5.75 Å². The Morgan fingerprint density at radius 2 is 2.03 bits per heavy atom. The first kappa shape index (κ1) is 22.7. The van der Waals surface area contributed by atoms with E-state index in [1.54, 1.807) is 18.3 Å². The molecule has 2 aliphatic rings. The van der Waals surface area contributed by atoms with E-state index in [2.05, 4.69) is 36.9 Å². The van der Waals surface area contributed by atoms with E-state index in [4.69, 9.17) is 15.3 Å². The summed E-state index contributed by atoms with van der Waals surface area (Å²) in [5.41, 5.74) is 10.5. The fourth-order valence-electron chi connectivity index (χ4n) is 3.90. The third-order valence-electron chi connectivity index (χ3n) is 5.53. The number of rotatable bonds is 10. The van der Waals surface area contributed by atoms with Crippen LogP contribution in [0.4, 0.5) is 11.5 Å². The molecule has 0 amide bonds. The molecule has 1 fully saturated rings. The minimum absolute atomic E-state index is 0.109. The summed E-state index contributed by atoms with van der Waals surface area (Å²) in [6.07, 6.45) is 7.21. The average molecular weight is 456 g/mol. The Morgan fingerprint density at radius 1 is 1.12 bits per heavy atom. The molecule has 1 saturated heterocycles. The summed E-state index contributed by atoms with van der Waals surface area (Å²) < 4.78 is 10.7. The number of fused-ring (bicyclic) bond motifs is 1. The number of nitrogens with two attached hydrogens (primary N) is 1. The number of ether oxygens (including phenoxy) is 1. The topological polar surface area (TPSA) is 76.2 Å². The molecule has 0 spiro atoms. The number of aryl methyl sites for hydroxylation is 1. The Kier molecular flexibility index (Phi) is 7.76. The highest BCUT2D eigenvalue weighted by Crippen LogP contribution is 2.31. The molecule has 8 heteroatoms. The van der Waals surface area contributed by atoms with E-state index in [0.717, 1.165) is 69.1 Å². The summed E-state index contributed by atoms with van der Waals surface area (Å²) in [5, 5.41) is 4.31. The van der Waals surface area contributed by atoms with Crippen molar-refractivity contribution < 1.29 is 9.57 Å². The van der Waals surface area contributed by atoms with Crippen molar-refractivity contribution in [1.82, 2.24) is 9.29 Å². The fraction of sp³-hybridized carbons (Fsp3) is 0.500. The van der Waals surface area contributed by atoms with E-state index in [0.29, 0.717) is 5.82 Å². The predicted octanol–water partition coefficient (Wildman–Crippen LogP) is 4.67. The molecule has 0 saturated carbocycles. The molecule has 1 aliphatic heterocycles. The fourth-order valence-corrected chi connectivity index (χ4v) is 4.92. The number of nitrogens with zero attached hydrogens (tertiary/aromatic N) is 4. The van der Waals surface area contributed by atoms with Gasteiger partial charge in [0, 0.05) is 49.6 Å². The summed E-state index contributed by atoms with van der Waals surface area (Å²) in [5.74, 6) is 1.52. The maximum atomic E-state index is 6.01. The number of nitrogen functional groups attached to an aromatic ring is 1. The zero-order valence-electron chi connectivity index (χ0n) is 19.0. The van der Waals surface area contributed by atoms with Crippen molar-refractivity contribution in [3.05, 3.63) is 47.7 Å². The standard InChI is InChI=1S/C24H33N5O2S/c1-18(2)31-27-23-9-6-19-16-21(7-8-22(19)23)30-15-5-3-4-12-28-13-14-29(32-28)20-10-11-26-24(25)17-20/h7-8,10-11,16-18H,3-6,9,12-15H2,1-2H3,(H2,25,26)/b27-23+.